The summed E-state index contributed by atoms with van der Waals surface area (Å²) in [7, 11) is 0. The van der Waals surface area contributed by atoms with Gasteiger partial charge < -0.3 is 4.74 Å². The van der Waals surface area contributed by atoms with Gasteiger partial charge in [0.25, 0.3) is 0 Å². The summed E-state index contributed by atoms with van der Waals surface area (Å²) < 4.78 is 19.5. The molecule has 112 valence electrons. The molecule has 0 bridgehead atoms. The molecule has 4 heteroatoms. The highest BCUT2D eigenvalue weighted by Crippen LogP contribution is 2.25. The Bertz CT molecular complexity index is 557. The van der Waals surface area contributed by atoms with E-state index in [1.54, 1.807) is 18.2 Å². The second-order valence-corrected chi connectivity index (χ2v) is 4.89. The molecule has 0 aliphatic rings. The highest BCUT2D eigenvalue weighted by Gasteiger charge is 2.15. The van der Waals surface area contributed by atoms with Crippen LogP contribution in [-0.4, -0.2) is 6.61 Å². The fourth-order valence-electron chi connectivity index (χ4n) is 2.17. The van der Waals surface area contributed by atoms with Gasteiger partial charge in [-0.2, -0.15) is 0 Å². The molecular formula is C17H21FN2O. The van der Waals surface area contributed by atoms with E-state index in [1.165, 1.54) is 6.07 Å². The average Bonchev–Trinajstić information content (AvgIpc) is 2.51. The van der Waals surface area contributed by atoms with Crippen molar-refractivity contribution in [3.8, 4) is 5.75 Å². The quantitative estimate of drug-likeness (QED) is 0.465. The van der Waals surface area contributed by atoms with Crippen molar-refractivity contribution >= 4 is 0 Å². The van der Waals surface area contributed by atoms with Gasteiger partial charge in [0.1, 0.15) is 11.6 Å². The van der Waals surface area contributed by atoms with E-state index < -0.39 is 0 Å². The molecule has 3 N–H and O–H groups in total. The zero-order chi connectivity index (χ0) is 15.1. The predicted octanol–water partition coefficient (Wildman–Crippen LogP) is 3.56. The van der Waals surface area contributed by atoms with E-state index in [4.69, 9.17) is 10.6 Å². The third-order valence-corrected chi connectivity index (χ3v) is 3.36. The maximum Gasteiger partial charge on any atom is 0.128 e. The van der Waals surface area contributed by atoms with Gasteiger partial charge in [-0.15, -0.1) is 0 Å². The SMILES string of the molecule is CCCCOc1ccc(C(NN)c2ccccc2F)cc1. The van der Waals surface area contributed by atoms with E-state index in [0.29, 0.717) is 12.2 Å². The molecule has 2 aromatic carbocycles. The fourth-order valence-corrected chi connectivity index (χ4v) is 2.17. The van der Waals surface area contributed by atoms with Crippen LogP contribution in [-0.2, 0) is 0 Å². The van der Waals surface area contributed by atoms with E-state index in [9.17, 15) is 4.39 Å². The second-order valence-electron chi connectivity index (χ2n) is 4.89. The maximum absolute atomic E-state index is 13.9. The summed E-state index contributed by atoms with van der Waals surface area (Å²) in [6.45, 7) is 2.83. The van der Waals surface area contributed by atoms with Gasteiger partial charge in [0.15, 0.2) is 0 Å². The summed E-state index contributed by atoms with van der Waals surface area (Å²) in [5.74, 6) is 6.14. The smallest absolute Gasteiger partial charge is 0.128 e. The molecule has 2 rings (SSSR count). The third-order valence-electron chi connectivity index (χ3n) is 3.36. The van der Waals surface area contributed by atoms with E-state index >= 15 is 0 Å². The Hall–Kier alpha value is -1.91. The molecule has 1 unspecified atom stereocenters. The van der Waals surface area contributed by atoms with Crippen LogP contribution in [0.15, 0.2) is 48.5 Å². The number of hydrazine groups is 1. The lowest BCUT2D eigenvalue weighted by Gasteiger charge is -2.18. The summed E-state index contributed by atoms with van der Waals surface area (Å²) in [5.41, 5.74) is 4.09. The summed E-state index contributed by atoms with van der Waals surface area (Å²) >= 11 is 0. The molecule has 0 saturated heterocycles. The predicted molar refractivity (Wildman–Crippen MR) is 82.4 cm³/mol. The molecule has 3 nitrogen and oxygen atoms in total. The molecule has 0 radical (unpaired) electrons. The minimum absolute atomic E-state index is 0.274. The Morgan fingerprint density at radius 2 is 1.86 bits per heavy atom. The zero-order valence-corrected chi connectivity index (χ0v) is 12.2. The summed E-state index contributed by atoms with van der Waals surface area (Å²) in [4.78, 5) is 0. The Labute approximate surface area is 124 Å². The first-order chi connectivity index (χ1) is 10.3. The lowest BCUT2D eigenvalue weighted by atomic mass is 9.99. The molecule has 21 heavy (non-hydrogen) atoms. The van der Waals surface area contributed by atoms with Crippen LogP contribution in [0.5, 0.6) is 5.75 Å². The lowest BCUT2D eigenvalue weighted by molar-refractivity contribution is 0.309. The number of hydrogen-bond acceptors (Lipinski definition) is 3. The molecule has 0 aromatic heterocycles. The van der Waals surface area contributed by atoms with Gasteiger partial charge >= 0.3 is 0 Å². The van der Waals surface area contributed by atoms with Crippen molar-refractivity contribution in [2.24, 2.45) is 5.84 Å². The number of ether oxygens (including phenoxy) is 1. The molecule has 0 heterocycles. The zero-order valence-electron chi connectivity index (χ0n) is 12.2. The largest absolute Gasteiger partial charge is 0.494 e. The number of rotatable bonds is 7. The standard InChI is InChI=1S/C17H21FN2O/c1-2-3-12-21-14-10-8-13(9-11-14)17(20-19)15-6-4-5-7-16(15)18/h4-11,17,20H,2-3,12,19H2,1H3. The molecule has 0 aliphatic heterocycles. The van der Waals surface area contributed by atoms with Crippen LogP contribution in [0.3, 0.4) is 0 Å². The lowest BCUT2D eigenvalue weighted by Crippen LogP contribution is -2.29. The van der Waals surface area contributed by atoms with Crippen LogP contribution >= 0.6 is 0 Å². The number of nitrogens with one attached hydrogen (secondary N) is 1. The Morgan fingerprint density at radius 1 is 1.14 bits per heavy atom. The number of benzene rings is 2. The molecular weight excluding hydrogens is 267 g/mol. The molecule has 0 amide bonds. The first-order valence-electron chi connectivity index (χ1n) is 7.19. The van der Waals surface area contributed by atoms with Crippen LogP contribution < -0.4 is 16.0 Å². The Balaban J connectivity index is 2.14. The van der Waals surface area contributed by atoms with Crippen molar-refractivity contribution in [2.45, 2.75) is 25.8 Å². The van der Waals surface area contributed by atoms with Gasteiger partial charge in [0, 0.05) is 5.56 Å². The maximum atomic E-state index is 13.9. The normalized spacial score (nSPS) is 12.1. The number of hydrogen-bond donors (Lipinski definition) is 2. The van der Waals surface area contributed by atoms with Gasteiger partial charge in [0.05, 0.1) is 12.6 Å². The number of halogens is 1. The minimum atomic E-state index is -0.379. The van der Waals surface area contributed by atoms with Crippen molar-refractivity contribution < 1.29 is 9.13 Å². The molecule has 2 aromatic rings. The van der Waals surface area contributed by atoms with E-state index in [1.807, 2.05) is 24.3 Å². The van der Waals surface area contributed by atoms with Crippen LogP contribution in [0.2, 0.25) is 0 Å². The van der Waals surface area contributed by atoms with Crippen LogP contribution in [0.1, 0.15) is 36.9 Å². The second kappa shape index (κ2) is 7.76. The van der Waals surface area contributed by atoms with Crippen molar-refractivity contribution in [3.05, 3.63) is 65.5 Å². The molecule has 0 aliphatic carbocycles. The minimum Gasteiger partial charge on any atom is -0.494 e. The summed E-state index contributed by atoms with van der Waals surface area (Å²) in [5, 5.41) is 0. The van der Waals surface area contributed by atoms with Gasteiger partial charge in [-0.3, -0.25) is 5.84 Å². The summed E-state index contributed by atoms with van der Waals surface area (Å²) in [6, 6.07) is 13.8. The highest BCUT2D eigenvalue weighted by atomic mass is 19.1. The van der Waals surface area contributed by atoms with Crippen LogP contribution in [0.25, 0.3) is 0 Å². The van der Waals surface area contributed by atoms with Crippen LogP contribution in [0, 0.1) is 5.82 Å². The van der Waals surface area contributed by atoms with Crippen LogP contribution in [0.4, 0.5) is 4.39 Å². The molecule has 0 fully saturated rings. The molecule has 0 saturated carbocycles. The Morgan fingerprint density at radius 3 is 2.48 bits per heavy atom. The fraction of sp³-hybridized carbons (Fsp3) is 0.294. The van der Waals surface area contributed by atoms with Crippen molar-refractivity contribution in [2.75, 3.05) is 6.61 Å². The topological polar surface area (TPSA) is 47.3 Å². The average molecular weight is 288 g/mol. The van der Waals surface area contributed by atoms with Gasteiger partial charge in [0.2, 0.25) is 0 Å². The first kappa shape index (κ1) is 15.5. The third kappa shape index (κ3) is 4.03. The van der Waals surface area contributed by atoms with Crippen molar-refractivity contribution in [1.29, 1.82) is 0 Å². The van der Waals surface area contributed by atoms with Crippen molar-refractivity contribution in [3.63, 3.8) is 0 Å². The number of unbranched alkanes of at least 4 members (excludes halogenated alkanes) is 1. The van der Waals surface area contributed by atoms with E-state index in [0.717, 1.165) is 24.2 Å². The van der Waals surface area contributed by atoms with E-state index in [-0.39, 0.29) is 11.9 Å². The molecule has 1 atom stereocenters. The van der Waals surface area contributed by atoms with E-state index in [2.05, 4.69) is 12.3 Å². The van der Waals surface area contributed by atoms with Gasteiger partial charge in [-0.25, -0.2) is 9.82 Å². The monoisotopic (exact) mass is 288 g/mol. The van der Waals surface area contributed by atoms with Gasteiger partial charge in [-0.1, -0.05) is 43.7 Å². The highest BCUT2D eigenvalue weighted by molar-refractivity contribution is 5.35. The number of nitrogens with two attached hydrogens (primary N) is 1. The first-order valence-corrected chi connectivity index (χ1v) is 7.19. The molecule has 0 spiro atoms. The van der Waals surface area contributed by atoms with Gasteiger partial charge in [-0.05, 0) is 30.2 Å². The van der Waals surface area contributed by atoms with Crippen molar-refractivity contribution in [1.82, 2.24) is 5.43 Å². The Kier molecular flexibility index (Phi) is 5.72. The summed E-state index contributed by atoms with van der Waals surface area (Å²) in [6.07, 6.45) is 2.13.